The van der Waals surface area contributed by atoms with Crippen LogP contribution in [0.15, 0.2) is 0 Å². The molecule has 0 aliphatic carbocycles. The molecule has 0 saturated heterocycles. The number of halogens is 1. The standard InChI is InChI=1S/C3H8BBrO3/c5-2-1-3-8-4(6)7/h6-7H,1-3H2. The maximum atomic E-state index is 8.10. The maximum Gasteiger partial charge on any atom is 0.633 e. The van der Waals surface area contributed by atoms with Crippen molar-refractivity contribution < 1.29 is 14.7 Å². The minimum atomic E-state index is -1.62. The van der Waals surface area contributed by atoms with E-state index in [4.69, 9.17) is 10.0 Å². The van der Waals surface area contributed by atoms with Gasteiger partial charge in [0.15, 0.2) is 0 Å². The lowest BCUT2D eigenvalue weighted by Gasteiger charge is -1.97. The SMILES string of the molecule is OB(O)OCCCBr. The second-order valence-electron chi connectivity index (χ2n) is 1.24. The Morgan fingerprint density at radius 1 is 1.50 bits per heavy atom. The zero-order valence-corrected chi connectivity index (χ0v) is 5.97. The monoisotopic (exact) mass is 182 g/mol. The Bertz CT molecular complexity index is 51.8. The third-order valence-corrected chi connectivity index (χ3v) is 1.11. The topological polar surface area (TPSA) is 49.7 Å². The molecular weight excluding hydrogens is 175 g/mol. The van der Waals surface area contributed by atoms with Crippen LogP contribution in [0.3, 0.4) is 0 Å². The average molecular weight is 183 g/mol. The molecule has 2 N–H and O–H groups in total. The summed E-state index contributed by atoms with van der Waals surface area (Å²) in [5, 5.41) is 17.0. The van der Waals surface area contributed by atoms with Gasteiger partial charge in [-0.15, -0.1) is 0 Å². The summed E-state index contributed by atoms with van der Waals surface area (Å²) in [5.41, 5.74) is 0. The van der Waals surface area contributed by atoms with E-state index >= 15 is 0 Å². The predicted molar refractivity (Wildman–Crippen MR) is 34.6 cm³/mol. The lowest BCUT2D eigenvalue weighted by atomic mass is 10.3. The van der Waals surface area contributed by atoms with Gasteiger partial charge in [0.05, 0.1) is 0 Å². The van der Waals surface area contributed by atoms with Gasteiger partial charge in [-0.2, -0.15) is 0 Å². The third-order valence-electron chi connectivity index (χ3n) is 0.545. The van der Waals surface area contributed by atoms with Crippen LogP contribution in [0, 0.1) is 0 Å². The van der Waals surface area contributed by atoms with Crippen molar-refractivity contribution in [3.63, 3.8) is 0 Å². The van der Waals surface area contributed by atoms with Gasteiger partial charge in [0.25, 0.3) is 0 Å². The zero-order chi connectivity index (χ0) is 6.41. The highest BCUT2D eigenvalue weighted by Gasteiger charge is 2.05. The molecule has 5 heteroatoms. The van der Waals surface area contributed by atoms with E-state index in [1.54, 1.807) is 0 Å². The first-order valence-electron chi connectivity index (χ1n) is 2.31. The van der Waals surface area contributed by atoms with Crippen LogP contribution in [0.2, 0.25) is 0 Å². The summed E-state index contributed by atoms with van der Waals surface area (Å²) in [4.78, 5) is 0. The van der Waals surface area contributed by atoms with E-state index in [2.05, 4.69) is 20.6 Å². The predicted octanol–water partition coefficient (Wildman–Crippen LogP) is -0.243. The number of rotatable bonds is 4. The molecule has 0 radical (unpaired) electrons. The van der Waals surface area contributed by atoms with Crippen molar-refractivity contribution in [2.24, 2.45) is 0 Å². The fraction of sp³-hybridized carbons (Fsp3) is 1.00. The molecule has 0 spiro atoms. The quantitative estimate of drug-likeness (QED) is 0.359. The first-order chi connectivity index (χ1) is 3.77. The average Bonchev–Trinajstić information content (AvgIpc) is 1.66. The molecule has 0 aromatic heterocycles. The van der Waals surface area contributed by atoms with Crippen LogP contribution >= 0.6 is 15.9 Å². The molecule has 48 valence electrons. The van der Waals surface area contributed by atoms with Crippen molar-refractivity contribution in [1.29, 1.82) is 0 Å². The molecule has 0 aromatic carbocycles. The Balaban J connectivity index is 2.72. The van der Waals surface area contributed by atoms with Gasteiger partial charge in [-0.05, 0) is 6.42 Å². The van der Waals surface area contributed by atoms with Crippen molar-refractivity contribution in [2.45, 2.75) is 6.42 Å². The van der Waals surface area contributed by atoms with Gasteiger partial charge >= 0.3 is 7.32 Å². The molecule has 0 bridgehead atoms. The van der Waals surface area contributed by atoms with Gasteiger partial charge in [-0.1, -0.05) is 15.9 Å². The highest BCUT2D eigenvalue weighted by molar-refractivity contribution is 9.09. The summed E-state index contributed by atoms with van der Waals surface area (Å²) in [6.45, 7) is 0.378. The van der Waals surface area contributed by atoms with Crippen molar-refractivity contribution in [3.05, 3.63) is 0 Å². The van der Waals surface area contributed by atoms with E-state index in [1.165, 1.54) is 0 Å². The van der Waals surface area contributed by atoms with Crippen molar-refractivity contribution in [3.8, 4) is 0 Å². The Hall–Kier alpha value is 0.425. The van der Waals surface area contributed by atoms with Gasteiger partial charge in [0.2, 0.25) is 0 Å². The smallest absolute Gasteiger partial charge is 0.402 e. The van der Waals surface area contributed by atoms with Crippen molar-refractivity contribution in [1.82, 2.24) is 0 Å². The van der Waals surface area contributed by atoms with Gasteiger partial charge in [0, 0.05) is 11.9 Å². The molecule has 0 rings (SSSR count). The van der Waals surface area contributed by atoms with Crippen LogP contribution in [0.1, 0.15) is 6.42 Å². The fourth-order valence-electron chi connectivity index (χ4n) is 0.243. The number of hydrogen-bond acceptors (Lipinski definition) is 3. The molecular formula is C3H8BBrO3. The lowest BCUT2D eigenvalue weighted by molar-refractivity contribution is 0.187. The molecule has 0 heterocycles. The fourth-order valence-corrected chi connectivity index (χ4v) is 0.472. The van der Waals surface area contributed by atoms with Crippen LogP contribution < -0.4 is 0 Å². The third kappa shape index (κ3) is 6.42. The van der Waals surface area contributed by atoms with Crippen molar-refractivity contribution in [2.75, 3.05) is 11.9 Å². The summed E-state index contributed by atoms with van der Waals surface area (Å²) < 4.78 is 4.36. The summed E-state index contributed by atoms with van der Waals surface area (Å²) in [5.74, 6) is 0. The molecule has 3 nitrogen and oxygen atoms in total. The lowest BCUT2D eigenvalue weighted by Crippen LogP contribution is -2.17. The summed E-state index contributed by atoms with van der Waals surface area (Å²) in [7, 11) is -1.62. The van der Waals surface area contributed by atoms with E-state index < -0.39 is 7.32 Å². The van der Waals surface area contributed by atoms with Gasteiger partial charge in [-0.25, -0.2) is 0 Å². The molecule has 0 unspecified atom stereocenters. The second kappa shape index (κ2) is 5.56. The highest BCUT2D eigenvalue weighted by atomic mass is 79.9. The van der Waals surface area contributed by atoms with E-state index in [-0.39, 0.29) is 0 Å². The normalized spacial score (nSPS) is 9.38. The molecule has 0 atom stereocenters. The van der Waals surface area contributed by atoms with Crippen LogP contribution in [0.4, 0.5) is 0 Å². The van der Waals surface area contributed by atoms with Gasteiger partial charge in [-0.3, -0.25) is 0 Å². The Kier molecular flexibility index (Phi) is 5.85. The molecule has 0 aliphatic heterocycles. The minimum Gasteiger partial charge on any atom is -0.402 e. The van der Waals surface area contributed by atoms with E-state index in [1.807, 2.05) is 0 Å². The van der Waals surface area contributed by atoms with Crippen LogP contribution in [0.25, 0.3) is 0 Å². The molecule has 0 aliphatic rings. The first-order valence-corrected chi connectivity index (χ1v) is 3.43. The molecule has 0 saturated carbocycles. The summed E-state index contributed by atoms with van der Waals surface area (Å²) in [6, 6.07) is 0. The van der Waals surface area contributed by atoms with Crippen molar-refractivity contribution >= 4 is 23.3 Å². The Labute approximate surface area is 57.0 Å². The number of hydrogen-bond donors (Lipinski definition) is 2. The van der Waals surface area contributed by atoms with Gasteiger partial charge in [0.1, 0.15) is 0 Å². The Morgan fingerprint density at radius 3 is 2.50 bits per heavy atom. The van der Waals surface area contributed by atoms with E-state index in [0.29, 0.717) is 6.61 Å². The van der Waals surface area contributed by atoms with E-state index in [9.17, 15) is 0 Å². The molecule has 0 fully saturated rings. The minimum absolute atomic E-state index is 0.378. The zero-order valence-electron chi connectivity index (χ0n) is 4.38. The summed E-state index contributed by atoms with van der Waals surface area (Å²) in [6.07, 6.45) is 0.789. The van der Waals surface area contributed by atoms with Crippen LogP contribution in [-0.4, -0.2) is 29.3 Å². The van der Waals surface area contributed by atoms with Gasteiger partial charge < -0.3 is 14.7 Å². The number of alkyl halides is 1. The van der Waals surface area contributed by atoms with Crippen LogP contribution in [-0.2, 0) is 4.65 Å². The van der Waals surface area contributed by atoms with E-state index in [0.717, 1.165) is 11.8 Å². The van der Waals surface area contributed by atoms with Crippen LogP contribution in [0.5, 0.6) is 0 Å². The largest absolute Gasteiger partial charge is 0.633 e. The first kappa shape index (κ1) is 8.42. The second-order valence-corrected chi connectivity index (χ2v) is 2.03. The molecule has 0 aromatic rings. The summed E-state index contributed by atoms with van der Waals surface area (Å²) >= 11 is 3.16. The highest BCUT2D eigenvalue weighted by Crippen LogP contribution is 1.87. The Morgan fingerprint density at radius 2 is 2.12 bits per heavy atom. The molecule has 0 amide bonds. The molecule has 8 heavy (non-hydrogen) atoms. The maximum absolute atomic E-state index is 8.10.